The average Bonchev–Trinajstić information content (AvgIpc) is 2.73. The van der Waals surface area contributed by atoms with Crippen LogP contribution in [0.25, 0.3) is 0 Å². The van der Waals surface area contributed by atoms with Gasteiger partial charge in [0.05, 0.1) is 13.2 Å². The molecule has 3 rings (SSSR count). The topological polar surface area (TPSA) is 44.8 Å². The molecule has 0 saturated carbocycles. The van der Waals surface area contributed by atoms with Gasteiger partial charge in [-0.15, -0.1) is 0 Å². The van der Waals surface area contributed by atoms with Crippen LogP contribution in [-0.4, -0.2) is 55.0 Å². The third kappa shape index (κ3) is 5.31. The fourth-order valence-electron chi connectivity index (χ4n) is 3.50. The molecule has 5 nitrogen and oxygen atoms in total. The molecule has 1 aliphatic rings. The number of nitrogens with zero attached hydrogens (tertiary/aromatic N) is 2. The summed E-state index contributed by atoms with van der Waals surface area (Å²) in [6.07, 6.45) is 0. The van der Waals surface area contributed by atoms with E-state index in [-0.39, 0.29) is 11.9 Å². The third-order valence-electron chi connectivity index (χ3n) is 5.23. The van der Waals surface area contributed by atoms with Crippen molar-refractivity contribution in [2.75, 3.05) is 33.3 Å². The summed E-state index contributed by atoms with van der Waals surface area (Å²) in [6, 6.07) is 18.2. The quantitative estimate of drug-likeness (QED) is 0.817. The summed E-state index contributed by atoms with van der Waals surface area (Å²) >= 11 is 0. The van der Waals surface area contributed by atoms with Gasteiger partial charge in [-0.2, -0.15) is 0 Å². The summed E-state index contributed by atoms with van der Waals surface area (Å²) in [6.45, 7) is 7.25. The van der Waals surface area contributed by atoms with Crippen LogP contribution in [0.4, 0.5) is 0 Å². The first kappa shape index (κ1) is 19.4. The van der Waals surface area contributed by atoms with E-state index < -0.39 is 0 Å². The van der Waals surface area contributed by atoms with E-state index >= 15 is 0 Å². The fourth-order valence-corrected chi connectivity index (χ4v) is 3.50. The second-order valence-electron chi connectivity index (χ2n) is 7.00. The molecule has 0 radical (unpaired) electrons. The standard InChI is InChI=1S/C22H29N3O2/c1-18(22(26)23-16-20-10-6-7-11-21(20)27-2)25-14-12-24(13-15-25)17-19-8-4-3-5-9-19/h3-11,18H,12-17H2,1-2H3,(H,23,26). The molecule has 1 heterocycles. The molecule has 27 heavy (non-hydrogen) atoms. The number of nitrogens with one attached hydrogen (secondary N) is 1. The van der Waals surface area contributed by atoms with Gasteiger partial charge >= 0.3 is 0 Å². The molecule has 144 valence electrons. The summed E-state index contributed by atoms with van der Waals surface area (Å²) in [5.41, 5.74) is 2.33. The second-order valence-corrected chi connectivity index (χ2v) is 7.00. The van der Waals surface area contributed by atoms with Crippen LogP contribution in [0.2, 0.25) is 0 Å². The van der Waals surface area contributed by atoms with Gasteiger partial charge in [-0.1, -0.05) is 48.5 Å². The van der Waals surface area contributed by atoms with E-state index in [1.165, 1.54) is 5.56 Å². The van der Waals surface area contributed by atoms with Crippen molar-refractivity contribution < 1.29 is 9.53 Å². The second kappa shape index (κ2) is 9.53. The molecule has 1 fully saturated rings. The Morgan fingerprint density at radius 1 is 1.04 bits per heavy atom. The summed E-state index contributed by atoms with van der Waals surface area (Å²) < 4.78 is 5.35. The van der Waals surface area contributed by atoms with Crippen LogP contribution in [0.15, 0.2) is 54.6 Å². The van der Waals surface area contributed by atoms with E-state index in [9.17, 15) is 4.79 Å². The van der Waals surface area contributed by atoms with Crippen LogP contribution in [-0.2, 0) is 17.9 Å². The van der Waals surface area contributed by atoms with Crippen LogP contribution in [0, 0.1) is 0 Å². The van der Waals surface area contributed by atoms with Crippen LogP contribution in [0.3, 0.4) is 0 Å². The van der Waals surface area contributed by atoms with Crippen molar-refractivity contribution in [1.82, 2.24) is 15.1 Å². The van der Waals surface area contributed by atoms with Gasteiger partial charge in [0.15, 0.2) is 0 Å². The van der Waals surface area contributed by atoms with Crippen molar-refractivity contribution in [2.24, 2.45) is 0 Å². The number of hydrogen-bond acceptors (Lipinski definition) is 4. The minimum Gasteiger partial charge on any atom is -0.496 e. The molecule has 1 amide bonds. The van der Waals surface area contributed by atoms with Gasteiger partial charge in [0.2, 0.25) is 5.91 Å². The first-order valence-electron chi connectivity index (χ1n) is 9.57. The number of carbonyl (C=O) groups excluding carboxylic acids is 1. The summed E-state index contributed by atoms with van der Waals surface area (Å²) in [4.78, 5) is 17.3. The normalized spacial score (nSPS) is 16.7. The van der Waals surface area contributed by atoms with Gasteiger partial charge in [0, 0.05) is 44.8 Å². The molecule has 1 N–H and O–H groups in total. The highest BCUT2D eigenvalue weighted by Crippen LogP contribution is 2.17. The molecule has 0 spiro atoms. The van der Waals surface area contributed by atoms with Gasteiger partial charge in [-0.05, 0) is 18.6 Å². The van der Waals surface area contributed by atoms with Gasteiger partial charge < -0.3 is 10.1 Å². The zero-order chi connectivity index (χ0) is 19.1. The summed E-state index contributed by atoms with van der Waals surface area (Å²) in [7, 11) is 1.65. The molecule has 1 atom stereocenters. The number of hydrogen-bond donors (Lipinski definition) is 1. The van der Waals surface area contributed by atoms with E-state index in [0.717, 1.165) is 44.0 Å². The Balaban J connectivity index is 1.45. The Morgan fingerprint density at radius 3 is 2.41 bits per heavy atom. The monoisotopic (exact) mass is 367 g/mol. The maximum Gasteiger partial charge on any atom is 0.237 e. The lowest BCUT2D eigenvalue weighted by atomic mass is 10.1. The first-order valence-corrected chi connectivity index (χ1v) is 9.57. The largest absolute Gasteiger partial charge is 0.496 e. The van der Waals surface area contributed by atoms with Crippen molar-refractivity contribution in [3.05, 3.63) is 65.7 Å². The molecule has 1 unspecified atom stereocenters. The maximum atomic E-state index is 12.6. The van der Waals surface area contributed by atoms with Gasteiger partial charge in [0.1, 0.15) is 5.75 Å². The number of piperazine rings is 1. The number of amides is 1. The zero-order valence-corrected chi connectivity index (χ0v) is 16.2. The molecular weight excluding hydrogens is 338 g/mol. The van der Waals surface area contributed by atoms with Gasteiger partial charge in [-0.3, -0.25) is 14.6 Å². The number of carbonyl (C=O) groups is 1. The minimum absolute atomic E-state index is 0.0671. The van der Waals surface area contributed by atoms with Crippen LogP contribution in [0.1, 0.15) is 18.1 Å². The number of ether oxygens (including phenoxy) is 1. The smallest absolute Gasteiger partial charge is 0.237 e. The highest BCUT2D eigenvalue weighted by molar-refractivity contribution is 5.81. The molecule has 2 aromatic carbocycles. The Labute approximate surface area is 161 Å². The van der Waals surface area contributed by atoms with Crippen molar-refractivity contribution in [1.29, 1.82) is 0 Å². The fraction of sp³-hybridized carbons (Fsp3) is 0.409. The van der Waals surface area contributed by atoms with E-state index in [1.807, 2.05) is 37.3 Å². The minimum atomic E-state index is -0.126. The number of methoxy groups -OCH3 is 1. The average molecular weight is 367 g/mol. The first-order chi connectivity index (χ1) is 13.2. The van der Waals surface area contributed by atoms with Gasteiger partial charge in [-0.25, -0.2) is 0 Å². The molecule has 5 heteroatoms. The number of benzene rings is 2. The molecule has 2 aromatic rings. The molecule has 0 aromatic heterocycles. The summed E-state index contributed by atoms with van der Waals surface area (Å²) in [5, 5.41) is 3.05. The van der Waals surface area contributed by atoms with Crippen LogP contribution in [0.5, 0.6) is 5.75 Å². The predicted octanol–water partition coefficient (Wildman–Crippen LogP) is 2.52. The van der Waals surface area contributed by atoms with E-state index in [0.29, 0.717) is 6.54 Å². The molecule has 0 bridgehead atoms. The number of rotatable bonds is 7. The Bertz CT molecular complexity index is 727. The molecule has 1 saturated heterocycles. The summed E-state index contributed by atoms with van der Waals surface area (Å²) in [5.74, 6) is 0.873. The lowest BCUT2D eigenvalue weighted by molar-refractivity contribution is -0.126. The Hall–Kier alpha value is -2.37. The highest BCUT2D eigenvalue weighted by Gasteiger charge is 2.25. The van der Waals surface area contributed by atoms with E-state index in [2.05, 4.69) is 39.4 Å². The third-order valence-corrected chi connectivity index (χ3v) is 5.23. The van der Waals surface area contributed by atoms with Crippen LogP contribution >= 0.6 is 0 Å². The van der Waals surface area contributed by atoms with Gasteiger partial charge in [0.25, 0.3) is 0 Å². The molecular formula is C22H29N3O2. The zero-order valence-electron chi connectivity index (χ0n) is 16.2. The number of para-hydroxylation sites is 1. The van der Waals surface area contributed by atoms with Crippen molar-refractivity contribution in [3.8, 4) is 5.75 Å². The lowest BCUT2D eigenvalue weighted by Gasteiger charge is -2.37. The maximum absolute atomic E-state index is 12.6. The molecule has 1 aliphatic heterocycles. The van der Waals surface area contributed by atoms with Crippen molar-refractivity contribution in [2.45, 2.75) is 26.1 Å². The van der Waals surface area contributed by atoms with E-state index in [4.69, 9.17) is 4.74 Å². The Morgan fingerprint density at radius 2 is 1.70 bits per heavy atom. The predicted molar refractivity (Wildman–Crippen MR) is 108 cm³/mol. The van der Waals surface area contributed by atoms with E-state index in [1.54, 1.807) is 7.11 Å². The SMILES string of the molecule is COc1ccccc1CNC(=O)C(C)N1CCN(Cc2ccccc2)CC1. The van der Waals surface area contributed by atoms with Crippen molar-refractivity contribution in [3.63, 3.8) is 0 Å². The Kier molecular flexibility index (Phi) is 6.85. The lowest BCUT2D eigenvalue weighted by Crippen LogP contribution is -2.53. The van der Waals surface area contributed by atoms with Crippen molar-refractivity contribution >= 4 is 5.91 Å². The molecule has 0 aliphatic carbocycles. The highest BCUT2D eigenvalue weighted by atomic mass is 16.5. The van der Waals surface area contributed by atoms with Crippen LogP contribution < -0.4 is 10.1 Å².